The molecule has 2 aliphatic rings. The zero-order chi connectivity index (χ0) is 14.1. The third kappa shape index (κ3) is 2.64. The van der Waals surface area contributed by atoms with Crippen molar-refractivity contribution in [3.63, 3.8) is 0 Å². The van der Waals surface area contributed by atoms with E-state index < -0.39 is 0 Å². The van der Waals surface area contributed by atoms with Crippen LogP contribution < -0.4 is 5.73 Å². The number of benzene rings is 1. The molecule has 110 valence electrons. The molecular weight excluding hydrogens is 244 g/mol. The Labute approximate surface area is 123 Å². The first-order valence-electron chi connectivity index (χ1n) is 8.25. The van der Waals surface area contributed by atoms with Crippen LogP contribution in [0.3, 0.4) is 0 Å². The van der Waals surface area contributed by atoms with Crippen molar-refractivity contribution in [1.29, 1.82) is 0 Å². The summed E-state index contributed by atoms with van der Waals surface area (Å²) in [4.78, 5) is 2.70. The van der Waals surface area contributed by atoms with E-state index in [1.165, 1.54) is 43.5 Å². The summed E-state index contributed by atoms with van der Waals surface area (Å²) < 4.78 is 0. The fraction of sp³-hybridized carbons (Fsp3) is 0.667. The fourth-order valence-corrected chi connectivity index (χ4v) is 4.11. The fourth-order valence-electron chi connectivity index (χ4n) is 4.11. The van der Waals surface area contributed by atoms with Crippen molar-refractivity contribution in [2.24, 2.45) is 17.6 Å². The topological polar surface area (TPSA) is 29.3 Å². The minimum atomic E-state index is 0.236. The zero-order valence-corrected chi connectivity index (χ0v) is 12.9. The monoisotopic (exact) mass is 272 g/mol. The van der Waals surface area contributed by atoms with Gasteiger partial charge in [0.15, 0.2) is 0 Å². The van der Waals surface area contributed by atoms with Crippen molar-refractivity contribution >= 4 is 0 Å². The standard InChI is InChI=1S/C18H28N2/c1-13(2)14-6-5-10-20(11-9-14)18-12-17(19)15-7-3-4-8-16(15)18/h3-4,7-8,13-14,17-18H,5-6,9-12,19H2,1-2H3. The van der Waals surface area contributed by atoms with Crippen LogP contribution in [0.15, 0.2) is 24.3 Å². The van der Waals surface area contributed by atoms with Gasteiger partial charge < -0.3 is 5.73 Å². The number of nitrogens with two attached hydrogens (primary N) is 1. The molecule has 1 fully saturated rings. The van der Waals surface area contributed by atoms with Crippen LogP contribution in [0, 0.1) is 11.8 Å². The third-order valence-electron chi connectivity index (χ3n) is 5.42. The first-order valence-corrected chi connectivity index (χ1v) is 8.25. The molecule has 1 aromatic carbocycles. The smallest absolute Gasteiger partial charge is 0.0369 e. The molecule has 2 N–H and O–H groups in total. The van der Waals surface area contributed by atoms with Crippen molar-refractivity contribution < 1.29 is 0 Å². The molecule has 3 rings (SSSR count). The Morgan fingerprint density at radius 3 is 2.60 bits per heavy atom. The summed E-state index contributed by atoms with van der Waals surface area (Å²) in [6.07, 6.45) is 5.20. The van der Waals surface area contributed by atoms with Gasteiger partial charge in [0.05, 0.1) is 0 Å². The van der Waals surface area contributed by atoms with Crippen molar-refractivity contribution in [1.82, 2.24) is 4.90 Å². The highest BCUT2D eigenvalue weighted by Gasteiger charge is 2.33. The van der Waals surface area contributed by atoms with Gasteiger partial charge in [-0.05, 0) is 61.7 Å². The molecule has 1 aliphatic heterocycles. The number of likely N-dealkylation sites (tertiary alicyclic amines) is 1. The zero-order valence-electron chi connectivity index (χ0n) is 12.9. The molecule has 0 bridgehead atoms. The minimum Gasteiger partial charge on any atom is -0.324 e. The number of fused-ring (bicyclic) bond motifs is 1. The molecule has 1 heterocycles. The predicted octanol–water partition coefficient (Wildman–Crippen LogP) is 3.89. The highest BCUT2D eigenvalue weighted by Crippen LogP contribution is 2.42. The van der Waals surface area contributed by atoms with E-state index in [1.807, 2.05) is 0 Å². The maximum Gasteiger partial charge on any atom is 0.0369 e. The normalized spacial score (nSPS) is 31.3. The number of hydrogen-bond donors (Lipinski definition) is 1. The van der Waals surface area contributed by atoms with Gasteiger partial charge in [0.2, 0.25) is 0 Å². The van der Waals surface area contributed by atoms with Crippen molar-refractivity contribution in [3.8, 4) is 0 Å². The van der Waals surface area contributed by atoms with Crippen LogP contribution in [0.25, 0.3) is 0 Å². The summed E-state index contributed by atoms with van der Waals surface area (Å²) in [6.45, 7) is 7.24. The van der Waals surface area contributed by atoms with E-state index >= 15 is 0 Å². The second kappa shape index (κ2) is 5.87. The molecule has 0 spiro atoms. The Morgan fingerprint density at radius 2 is 1.85 bits per heavy atom. The Bertz CT molecular complexity index is 454. The first-order chi connectivity index (χ1) is 9.66. The van der Waals surface area contributed by atoms with Crippen molar-refractivity contribution in [2.45, 2.75) is 51.6 Å². The van der Waals surface area contributed by atoms with Crippen LogP contribution in [0.4, 0.5) is 0 Å². The summed E-state index contributed by atoms with van der Waals surface area (Å²) in [5.41, 5.74) is 9.20. The van der Waals surface area contributed by atoms with Gasteiger partial charge in [-0.25, -0.2) is 0 Å². The first kappa shape index (κ1) is 14.1. The molecule has 2 nitrogen and oxygen atoms in total. The van der Waals surface area contributed by atoms with Gasteiger partial charge in [-0.15, -0.1) is 0 Å². The van der Waals surface area contributed by atoms with Crippen LogP contribution in [0.5, 0.6) is 0 Å². The molecule has 0 saturated carbocycles. The average Bonchev–Trinajstić information content (AvgIpc) is 2.65. The molecule has 0 aromatic heterocycles. The molecule has 0 radical (unpaired) electrons. The number of nitrogens with zero attached hydrogens (tertiary/aromatic N) is 1. The van der Waals surface area contributed by atoms with Crippen LogP contribution in [-0.4, -0.2) is 18.0 Å². The summed E-state index contributed by atoms with van der Waals surface area (Å²) in [5, 5.41) is 0. The van der Waals surface area contributed by atoms with Gasteiger partial charge in [-0.1, -0.05) is 38.1 Å². The Hall–Kier alpha value is -0.860. The van der Waals surface area contributed by atoms with Gasteiger partial charge in [-0.2, -0.15) is 0 Å². The Morgan fingerprint density at radius 1 is 1.10 bits per heavy atom. The van der Waals surface area contributed by atoms with E-state index in [0.29, 0.717) is 6.04 Å². The average molecular weight is 272 g/mol. The molecule has 20 heavy (non-hydrogen) atoms. The minimum absolute atomic E-state index is 0.236. The van der Waals surface area contributed by atoms with E-state index in [2.05, 4.69) is 43.0 Å². The molecule has 3 atom stereocenters. The highest BCUT2D eigenvalue weighted by atomic mass is 15.2. The van der Waals surface area contributed by atoms with Crippen LogP contribution in [0.1, 0.15) is 62.7 Å². The van der Waals surface area contributed by atoms with E-state index in [9.17, 15) is 0 Å². The van der Waals surface area contributed by atoms with E-state index in [1.54, 1.807) is 0 Å². The summed E-state index contributed by atoms with van der Waals surface area (Å²) in [5.74, 6) is 1.73. The third-order valence-corrected chi connectivity index (χ3v) is 5.42. The van der Waals surface area contributed by atoms with Gasteiger partial charge in [-0.3, -0.25) is 4.90 Å². The van der Waals surface area contributed by atoms with Gasteiger partial charge >= 0.3 is 0 Å². The molecule has 2 heteroatoms. The second-order valence-electron chi connectivity index (χ2n) is 6.96. The maximum absolute atomic E-state index is 6.33. The van der Waals surface area contributed by atoms with Crippen molar-refractivity contribution in [3.05, 3.63) is 35.4 Å². The molecular formula is C18H28N2. The predicted molar refractivity (Wildman–Crippen MR) is 84.5 cm³/mol. The van der Waals surface area contributed by atoms with Crippen LogP contribution in [0.2, 0.25) is 0 Å². The lowest BCUT2D eigenvalue weighted by Crippen LogP contribution is -2.29. The lowest BCUT2D eigenvalue weighted by atomic mass is 9.89. The number of rotatable bonds is 2. The Kier molecular flexibility index (Phi) is 4.13. The number of hydrogen-bond acceptors (Lipinski definition) is 2. The summed E-state index contributed by atoms with van der Waals surface area (Å²) in [6, 6.07) is 9.59. The molecule has 1 saturated heterocycles. The second-order valence-corrected chi connectivity index (χ2v) is 6.96. The molecule has 3 unspecified atom stereocenters. The van der Waals surface area contributed by atoms with E-state index in [-0.39, 0.29) is 6.04 Å². The Balaban J connectivity index is 1.74. The quantitative estimate of drug-likeness (QED) is 0.885. The van der Waals surface area contributed by atoms with Gasteiger partial charge in [0, 0.05) is 12.1 Å². The maximum atomic E-state index is 6.33. The molecule has 1 aromatic rings. The van der Waals surface area contributed by atoms with Gasteiger partial charge in [0.25, 0.3) is 0 Å². The largest absolute Gasteiger partial charge is 0.324 e. The lowest BCUT2D eigenvalue weighted by molar-refractivity contribution is 0.194. The van der Waals surface area contributed by atoms with E-state index in [4.69, 9.17) is 5.73 Å². The molecule has 1 aliphatic carbocycles. The van der Waals surface area contributed by atoms with Gasteiger partial charge in [0.1, 0.15) is 0 Å². The summed E-state index contributed by atoms with van der Waals surface area (Å²) in [7, 11) is 0. The molecule has 0 amide bonds. The highest BCUT2D eigenvalue weighted by molar-refractivity contribution is 5.37. The van der Waals surface area contributed by atoms with E-state index in [0.717, 1.165) is 18.3 Å². The lowest BCUT2D eigenvalue weighted by Gasteiger charge is -2.28. The van der Waals surface area contributed by atoms with Crippen LogP contribution in [-0.2, 0) is 0 Å². The SMILES string of the molecule is CC(C)C1CCCN(C2CC(N)c3ccccc32)CC1. The van der Waals surface area contributed by atoms with Crippen molar-refractivity contribution in [2.75, 3.05) is 13.1 Å². The van der Waals surface area contributed by atoms with Crippen LogP contribution >= 0.6 is 0 Å². The summed E-state index contributed by atoms with van der Waals surface area (Å²) >= 11 is 0.